The van der Waals surface area contributed by atoms with Crippen LogP contribution in [0.3, 0.4) is 0 Å². The number of hydrogen-bond acceptors (Lipinski definition) is 3. The topological polar surface area (TPSA) is 45.2 Å². The summed E-state index contributed by atoms with van der Waals surface area (Å²) in [6.07, 6.45) is 9.15. The summed E-state index contributed by atoms with van der Waals surface area (Å²) < 4.78 is 0. The molecule has 1 saturated carbocycles. The Balaban J connectivity index is 1.53. The predicted octanol–water partition coefficient (Wildman–Crippen LogP) is 3.95. The minimum Gasteiger partial charge on any atom is -0.370 e. The molecular formula is C19H29N3O. The van der Waals surface area contributed by atoms with E-state index in [1.54, 1.807) is 6.20 Å². The highest BCUT2D eigenvalue weighted by Gasteiger charge is 2.41. The highest BCUT2D eigenvalue weighted by molar-refractivity contribution is 5.94. The molecule has 4 nitrogen and oxygen atoms in total. The van der Waals surface area contributed by atoms with Crippen molar-refractivity contribution in [3.8, 4) is 0 Å². The Kier molecular flexibility index (Phi) is 4.88. The van der Waals surface area contributed by atoms with Gasteiger partial charge in [0.05, 0.1) is 5.56 Å². The van der Waals surface area contributed by atoms with E-state index < -0.39 is 0 Å². The molecule has 1 amide bonds. The van der Waals surface area contributed by atoms with Gasteiger partial charge in [0.25, 0.3) is 5.91 Å². The van der Waals surface area contributed by atoms with Crippen molar-refractivity contribution in [3.05, 3.63) is 23.9 Å². The van der Waals surface area contributed by atoms with Crippen molar-refractivity contribution < 1.29 is 4.79 Å². The van der Waals surface area contributed by atoms with Gasteiger partial charge in [-0.25, -0.2) is 4.98 Å². The molecule has 1 aliphatic heterocycles. The Hall–Kier alpha value is -1.58. The molecule has 2 aliphatic rings. The van der Waals surface area contributed by atoms with Crippen molar-refractivity contribution in [2.45, 2.75) is 52.4 Å². The molecule has 1 aromatic rings. The van der Waals surface area contributed by atoms with Gasteiger partial charge in [0.15, 0.2) is 0 Å². The van der Waals surface area contributed by atoms with Crippen LogP contribution in [0.15, 0.2) is 18.3 Å². The van der Waals surface area contributed by atoms with Gasteiger partial charge in [-0.2, -0.15) is 0 Å². The summed E-state index contributed by atoms with van der Waals surface area (Å²) in [7, 11) is 0. The van der Waals surface area contributed by atoms with Crippen LogP contribution in [0.5, 0.6) is 0 Å². The lowest BCUT2D eigenvalue weighted by Gasteiger charge is -2.30. The molecular weight excluding hydrogens is 286 g/mol. The van der Waals surface area contributed by atoms with Gasteiger partial charge < -0.3 is 10.2 Å². The number of anilines is 1. The molecule has 4 heteroatoms. The number of nitrogens with one attached hydrogen (secondary N) is 1. The minimum atomic E-state index is 0.126. The van der Waals surface area contributed by atoms with E-state index in [0.717, 1.165) is 44.2 Å². The maximum Gasteiger partial charge on any atom is 0.255 e. The van der Waals surface area contributed by atoms with Crippen LogP contribution in [0.4, 0.5) is 5.82 Å². The van der Waals surface area contributed by atoms with Crippen molar-refractivity contribution in [1.82, 2.24) is 9.88 Å². The molecule has 23 heavy (non-hydrogen) atoms. The van der Waals surface area contributed by atoms with Crippen LogP contribution in [0.25, 0.3) is 0 Å². The molecule has 0 spiro atoms. The summed E-state index contributed by atoms with van der Waals surface area (Å²) in [5.74, 6) is 1.75. The first-order chi connectivity index (χ1) is 11.1. The molecule has 0 bridgehead atoms. The number of nitrogens with zero attached hydrogens (tertiary/aromatic N) is 2. The summed E-state index contributed by atoms with van der Waals surface area (Å²) in [4.78, 5) is 18.9. The van der Waals surface area contributed by atoms with Crippen molar-refractivity contribution in [2.75, 3.05) is 25.0 Å². The normalized spacial score (nSPS) is 20.3. The second-order valence-corrected chi connectivity index (χ2v) is 7.51. The van der Waals surface area contributed by atoms with E-state index in [0.29, 0.717) is 11.0 Å². The van der Waals surface area contributed by atoms with Crippen LogP contribution in [0.2, 0.25) is 0 Å². The molecule has 1 N–H and O–H groups in total. The third-order valence-electron chi connectivity index (χ3n) is 5.46. The summed E-state index contributed by atoms with van der Waals surface area (Å²) in [5.41, 5.74) is 1.22. The van der Waals surface area contributed by atoms with Crippen molar-refractivity contribution in [3.63, 3.8) is 0 Å². The molecule has 126 valence electrons. The zero-order chi connectivity index (χ0) is 16.3. The molecule has 3 rings (SSSR count). The van der Waals surface area contributed by atoms with Crippen LogP contribution >= 0.6 is 0 Å². The molecule has 1 aliphatic carbocycles. The van der Waals surface area contributed by atoms with E-state index in [1.807, 2.05) is 17.0 Å². The lowest BCUT2D eigenvalue weighted by atomic mass is 9.99. The number of amides is 1. The van der Waals surface area contributed by atoms with Crippen molar-refractivity contribution in [1.29, 1.82) is 0 Å². The van der Waals surface area contributed by atoms with E-state index >= 15 is 0 Å². The Bertz CT molecular complexity index is 528. The van der Waals surface area contributed by atoms with Gasteiger partial charge in [0.1, 0.15) is 5.82 Å². The quantitative estimate of drug-likeness (QED) is 0.864. The first-order valence-electron chi connectivity index (χ1n) is 9.11. The first kappa shape index (κ1) is 16.3. The monoisotopic (exact) mass is 315 g/mol. The largest absolute Gasteiger partial charge is 0.370 e. The summed E-state index contributed by atoms with van der Waals surface area (Å²) >= 11 is 0. The maximum absolute atomic E-state index is 12.5. The molecule has 1 saturated heterocycles. The van der Waals surface area contributed by atoms with Gasteiger partial charge in [-0.15, -0.1) is 0 Å². The number of aromatic nitrogens is 1. The SMILES string of the molecule is CCCC1(CNc2ccc(C(=O)N3CCC(C)CC3)cn2)CC1. The second-order valence-electron chi connectivity index (χ2n) is 7.51. The number of rotatable bonds is 6. The number of carbonyl (C=O) groups is 1. The second kappa shape index (κ2) is 6.90. The van der Waals surface area contributed by atoms with Gasteiger partial charge in [-0.3, -0.25) is 4.79 Å². The van der Waals surface area contributed by atoms with E-state index in [9.17, 15) is 4.79 Å². The summed E-state index contributed by atoms with van der Waals surface area (Å²) in [6, 6.07) is 3.86. The summed E-state index contributed by atoms with van der Waals surface area (Å²) in [6.45, 7) is 7.26. The smallest absolute Gasteiger partial charge is 0.255 e. The van der Waals surface area contributed by atoms with Gasteiger partial charge >= 0.3 is 0 Å². The number of carbonyl (C=O) groups excluding carboxylic acids is 1. The Morgan fingerprint density at radius 1 is 1.35 bits per heavy atom. The molecule has 2 heterocycles. The van der Waals surface area contributed by atoms with E-state index in [1.165, 1.54) is 25.7 Å². The third kappa shape index (κ3) is 4.04. The highest BCUT2D eigenvalue weighted by atomic mass is 16.2. The Morgan fingerprint density at radius 2 is 2.09 bits per heavy atom. The molecule has 0 atom stereocenters. The van der Waals surface area contributed by atoms with Crippen molar-refractivity contribution >= 4 is 11.7 Å². The van der Waals surface area contributed by atoms with E-state index in [4.69, 9.17) is 0 Å². The Labute approximate surface area is 139 Å². The van der Waals surface area contributed by atoms with Crippen molar-refractivity contribution in [2.24, 2.45) is 11.3 Å². The van der Waals surface area contributed by atoms with Gasteiger partial charge in [0.2, 0.25) is 0 Å². The average Bonchev–Trinajstić information content (AvgIpc) is 3.34. The lowest BCUT2D eigenvalue weighted by Crippen LogP contribution is -2.37. The standard InChI is InChI=1S/C19H29N3O/c1-3-8-19(9-10-19)14-21-17-5-4-16(13-20-17)18(23)22-11-6-15(2)7-12-22/h4-5,13,15H,3,6-12,14H2,1-2H3,(H,20,21). The van der Waals surface area contributed by atoms with Crippen LogP contribution in [0.1, 0.15) is 62.7 Å². The van der Waals surface area contributed by atoms with Gasteiger partial charge in [0, 0.05) is 25.8 Å². The van der Waals surface area contributed by atoms with Gasteiger partial charge in [-0.1, -0.05) is 20.3 Å². The fraction of sp³-hybridized carbons (Fsp3) is 0.684. The van der Waals surface area contributed by atoms with Crippen LogP contribution in [-0.2, 0) is 0 Å². The fourth-order valence-corrected chi connectivity index (χ4v) is 3.52. The van der Waals surface area contributed by atoms with Crippen LogP contribution in [0, 0.1) is 11.3 Å². The van der Waals surface area contributed by atoms with Crippen LogP contribution < -0.4 is 5.32 Å². The highest BCUT2D eigenvalue weighted by Crippen LogP contribution is 2.49. The third-order valence-corrected chi connectivity index (χ3v) is 5.46. The minimum absolute atomic E-state index is 0.126. The van der Waals surface area contributed by atoms with E-state index in [-0.39, 0.29) is 5.91 Å². The van der Waals surface area contributed by atoms with Gasteiger partial charge in [-0.05, 0) is 55.6 Å². The molecule has 0 unspecified atom stereocenters. The molecule has 2 fully saturated rings. The number of hydrogen-bond donors (Lipinski definition) is 1. The van der Waals surface area contributed by atoms with E-state index in [2.05, 4.69) is 24.1 Å². The number of pyridine rings is 1. The fourth-order valence-electron chi connectivity index (χ4n) is 3.52. The zero-order valence-corrected chi connectivity index (χ0v) is 14.5. The first-order valence-corrected chi connectivity index (χ1v) is 9.11. The molecule has 1 aromatic heterocycles. The molecule has 0 aromatic carbocycles. The number of piperidine rings is 1. The number of likely N-dealkylation sites (tertiary alicyclic amines) is 1. The zero-order valence-electron chi connectivity index (χ0n) is 14.5. The lowest BCUT2D eigenvalue weighted by molar-refractivity contribution is 0.0697. The summed E-state index contributed by atoms with van der Waals surface area (Å²) in [5, 5.41) is 3.45. The average molecular weight is 315 g/mol. The predicted molar refractivity (Wildman–Crippen MR) is 93.6 cm³/mol. The maximum atomic E-state index is 12.5. The van der Waals surface area contributed by atoms with Crippen LogP contribution in [-0.4, -0.2) is 35.4 Å². The Morgan fingerprint density at radius 3 is 2.65 bits per heavy atom. The molecule has 0 radical (unpaired) electrons.